The molecule has 0 aliphatic rings. The third-order valence-corrected chi connectivity index (χ3v) is 3.34. The highest BCUT2D eigenvalue weighted by Crippen LogP contribution is 2.27. The second-order valence-electron chi connectivity index (χ2n) is 5.26. The maximum atomic E-state index is 11.7. The Balaban J connectivity index is 2.00. The van der Waals surface area contributed by atoms with Gasteiger partial charge in [0.2, 0.25) is 0 Å². The lowest BCUT2D eigenvalue weighted by Gasteiger charge is -2.05. The topological polar surface area (TPSA) is 157 Å². The summed E-state index contributed by atoms with van der Waals surface area (Å²) in [6.07, 6.45) is 1.04. The number of hydrazone groups is 1. The number of benzene rings is 2. The molecule has 2 N–H and O–H groups in total. The predicted molar refractivity (Wildman–Crippen MR) is 93.8 cm³/mol. The Hall–Kier alpha value is -4.02. The van der Waals surface area contributed by atoms with E-state index in [2.05, 4.69) is 10.5 Å². The third kappa shape index (κ3) is 4.98. The van der Waals surface area contributed by atoms with E-state index < -0.39 is 22.4 Å². The normalized spacial score (nSPS) is 10.6. The van der Waals surface area contributed by atoms with Gasteiger partial charge in [0.15, 0.2) is 12.4 Å². The van der Waals surface area contributed by atoms with Gasteiger partial charge in [-0.3, -0.25) is 25.0 Å². The van der Waals surface area contributed by atoms with E-state index in [1.807, 2.05) is 0 Å². The van der Waals surface area contributed by atoms with Crippen molar-refractivity contribution in [2.24, 2.45) is 5.10 Å². The molecule has 0 aromatic heterocycles. The summed E-state index contributed by atoms with van der Waals surface area (Å²) in [5.41, 5.74) is 1.89. The fourth-order valence-corrected chi connectivity index (χ4v) is 2.07. The highest BCUT2D eigenvalue weighted by Gasteiger charge is 2.15. The van der Waals surface area contributed by atoms with Gasteiger partial charge in [-0.2, -0.15) is 5.10 Å². The largest absolute Gasteiger partial charge is 0.507 e. The SMILES string of the molecule is Cc1cc([N+](=O)[O-])cc(/C=N\NC(=O)COc2ccccc2[N+](=O)[O-])c1O. The molecule has 1 amide bonds. The molecule has 11 heteroatoms. The van der Waals surface area contributed by atoms with Gasteiger partial charge in [-0.25, -0.2) is 5.43 Å². The minimum atomic E-state index is -0.717. The number of rotatable bonds is 7. The summed E-state index contributed by atoms with van der Waals surface area (Å²) in [4.78, 5) is 32.2. The zero-order valence-electron chi connectivity index (χ0n) is 14.0. The zero-order valence-corrected chi connectivity index (χ0v) is 14.0. The number of carbonyl (C=O) groups excluding carboxylic acids is 1. The average molecular weight is 374 g/mol. The van der Waals surface area contributed by atoms with Crippen molar-refractivity contribution >= 4 is 23.5 Å². The Bertz CT molecular complexity index is 927. The van der Waals surface area contributed by atoms with Gasteiger partial charge < -0.3 is 9.84 Å². The molecule has 0 spiro atoms. The molecule has 0 heterocycles. The second kappa shape index (κ2) is 8.38. The lowest BCUT2D eigenvalue weighted by atomic mass is 10.1. The minimum Gasteiger partial charge on any atom is -0.507 e. The number of nitro groups is 2. The lowest BCUT2D eigenvalue weighted by molar-refractivity contribution is -0.385. The van der Waals surface area contributed by atoms with Crippen molar-refractivity contribution in [1.29, 1.82) is 0 Å². The lowest BCUT2D eigenvalue weighted by Crippen LogP contribution is -2.24. The number of para-hydroxylation sites is 2. The number of aryl methyl sites for hydroxylation is 1. The fourth-order valence-electron chi connectivity index (χ4n) is 2.07. The number of amides is 1. The number of nitrogens with zero attached hydrogens (tertiary/aromatic N) is 3. The highest BCUT2D eigenvalue weighted by molar-refractivity contribution is 5.87. The molecule has 0 fully saturated rings. The first-order valence-corrected chi connectivity index (χ1v) is 7.45. The van der Waals surface area contributed by atoms with Crippen LogP contribution in [-0.4, -0.2) is 33.7 Å². The number of ether oxygens (including phenoxy) is 1. The fraction of sp³-hybridized carbons (Fsp3) is 0.125. The van der Waals surface area contributed by atoms with Crippen LogP contribution in [0.25, 0.3) is 0 Å². The van der Waals surface area contributed by atoms with Crippen molar-refractivity contribution in [3.05, 3.63) is 67.8 Å². The maximum Gasteiger partial charge on any atom is 0.310 e. The molecule has 0 radical (unpaired) electrons. The van der Waals surface area contributed by atoms with Crippen molar-refractivity contribution < 1.29 is 24.5 Å². The van der Waals surface area contributed by atoms with Crippen molar-refractivity contribution in [2.45, 2.75) is 6.92 Å². The third-order valence-electron chi connectivity index (χ3n) is 3.34. The molecule has 2 rings (SSSR count). The molecule has 27 heavy (non-hydrogen) atoms. The molecular formula is C16H14N4O7. The number of phenols is 1. The number of non-ortho nitro benzene ring substituents is 1. The number of nitrogens with one attached hydrogen (secondary N) is 1. The minimum absolute atomic E-state index is 0.0432. The van der Waals surface area contributed by atoms with Crippen LogP contribution in [0.2, 0.25) is 0 Å². The van der Waals surface area contributed by atoms with Crippen LogP contribution in [0.5, 0.6) is 11.5 Å². The molecule has 2 aromatic carbocycles. The van der Waals surface area contributed by atoms with Crippen molar-refractivity contribution in [3.8, 4) is 11.5 Å². The summed E-state index contributed by atoms with van der Waals surface area (Å²) in [6, 6.07) is 7.86. The summed E-state index contributed by atoms with van der Waals surface area (Å²) in [7, 11) is 0. The van der Waals surface area contributed by atoms with E-state index in [4.69, 9.17) is 4.74 Å². The first-order chi connectivity index (χ1) is 12.8. The van der Waals surface area contributed by atoms with Crippen LogP contribution in [0.15, 0.2) is 41.5 Å². The summed E-state index contributed by atoms with van der Waals surface area (Å²) in [6.45, 7) is 0.945. The quantitative estimate of drug-likeness (QED) is 0.426. The Morgan fingerprint density at radius 2 is 1.96 bits per heavy atom. The van der Waals surface area contributed by atoms with Gasteiger partial charge >= 0.3 is 5.69 Å². The van der Waals surface area contributed by atoms with Gasteiger partial charge in [0.05, 0.1) is 16.1 Å². The Labute approximate surface area is 152 Å². The van der Waals surface area contributed by atoms with Crippen LogP contribution in [-0.2, 0) is 4.79 Å². The van der Waals surface area contributed by atoms with Crippen LogP contribution >= 0.6 is 0 Å². The number of hydrogen-bond donors (Lipinski definition) is 2. The summed E-state index contributed by atoms with van der Waals surface area (Å²) < 4.78 is 5.09. The molecule has 2 aromatic rings. The van der Waals surface area contributed by atoms with E-state index in [1.54, 1.807) is 0 Å². The van der Waals surface area contributed by atoms with Crippen LogP contribution in [0.3, 0.4) is 0 Å². The molecule has 0 saturated carbocycles. The molecule has 0 saturated heterocycles. The van der Waals surface area contributed by atoms with E-state index in [0.29, 0.717) is 0 Å². The van der Waals surface area contributed by atoms with E-state index in [-0.39, 0.29) is 34.0 Å². The van der Waals surface area contributed by atoms with E-state index >= 15 is 0 Å². The van der Waals surface area contributed by atoms with Gasteiger partial charge in [0.1, 0.15) is 5.75 Å². The van der Waals surface area contributed by atoms with Crippen LogP contribution < -0.4 is 10.2 Å². The first-order valence-electron chi connectivity index (χ1n) is 7.45. The van der Waals surface area contributed by atoms with Crippen molar-refractivity contribution in [1.82, 2.24) is 5.43 Å². The van der Waals surface area contributed by atoms with Gasteiger partial charge in [0, 0.05) is 23.8 Å². The van der Waals surface area contributed by atoms with Crippen LogP contribution in [0, 0.1) is 27.2 Å². The van der Waals surface area contributed by atoms with Gasteiger partial charge in [-0.1, -0.05) is 12.1 Å². The molecule has 0 bridgehead atoms. The van der Waals surface area contributed by atoms with Gasteiger partial charge in [-0.15, -0.1) is 0 Å². The molecule has 0 unspecified atom stereocenters. The molecular weight excluding hydrogens is 360 g/mol. The van der Waals surface area contributed by atoms with Crippen LogP contribution in [0.4, 0.5) is 11.4 Å². The Kier molecular flexibility index (Phi) is 5.99. The number of hydrogen-bond acceptors (Lipinski definition) is 8. The number of carbonyl (C=O) groups is 1. The van der Waals surface area contributed by atoms with Crippen molar-refractivity contribution in [3.63, 3.8) is 0 Å². The summed E-state index contributed by atoms with van der Waals surface area (Å²) in [5, 5.41) is 35.2. The summed E-state index contributed by atoms with van der Waals surface area (Å²) >= 11 is 0. The summed E-state index contributed by atoms with van der Waals surface area (Å²) in [5.74, 6) is -1.01. The number of aromatic hydroxyl groups is 1. The van der Waals surface area contributed by atoms with Crippen LogP contribution in [0.1, 0.15) is 11.1 Å². The molecule has 0 atom stereocenters. The average Bonchev–Trinajstić information content (AvgIpc) is 2.63. The van der Waals surface area contributed by atoms with E-state index in [0.717, 1.165) is 12.3 Å². The standard InChI is InChI=1S/C16H14N4O7/c1-10-6-12(19(23)24)7-11(16(10)22)8-17-18-15(21)9-27-14-5-3-2-4-13(14)20(25)26/h2-8,22H,9H2,1H3,(H,18,21)/b17-8-. The van der Waals surface area contributed by atoms with Gasteiger partial charge in [-0.05, 0) is 18.6 Å². The molecule has 140 valence electrons. The van der Waals surface area contributed by atoms with E-state index in [1.165, 1.54) is 37.3 Å². The molecule has 0 aliphatic heterocycles. The molecule has 11 nitrogen and oxygen atoms in total. The van der Waals surface area contributed by atoms with E-state index in [9.17, 15) is 30.1 Å². The van der Waals surface area contributed by atoms with Gasteiger partial charge in [0.25, 0.3) is 11.6 Å². The molecule has 0 aliphatic carbocycles. The predicted octanol–water partition coefficient (Wildman–Crippen LogP) is 2.05. The monoisotopic (exact) mass is 374 g/mol. The highest BCUT2D eigenvalue weighted by atomic mass is 16.6. The first kappa shape index (κ1) is 19.3. The Morgan fingerprint density at radius 1 is 1.26 bits per heavy atom. The number of nitro benzene ring substituents is 2. The Morgan fingerprint density at radius 3 is 2.63 bits per heavy atom. The maximum absolute atomic E-state index is 11.7. The zero-order chi connectivity index (χ0) is 20.0. The number of phenolic OH excluding ortho intramolecular Hbond substituents is 1. The smallest absolute Gasteiger partial charge is 0.310 e. The second-order valence-corrected chi connectivity index (χ2v) is 5.26. The van der Waals surface area contributed by atoms with Crippen molar-refractivity contribution in [2.75, 3.05) is 6.61 Å².